The van der Waals surface area contributed by atoms with Crippen molar-refractivity contribution in [2.45, 2.75) is 50.7 Å². The molecule has 1 atom stereocenters. The van der Waals surface area contributed by atoms with Crippen LogP contribution in [0.15, 0.2) is 33.6 Å². The van der Waals surface area contributed by atoms with Gasteiger partial charge in [-0.05, 0) is 58.0 Å². The molecule has 0 amide bonds. The number of carboxylic acid groups (broad SMARTS) is 1. The first kappa shape index (κ1) is 24.5. The summed E-state index contributed by atoms with van der Waals surface area (Å²) in [5, 5.41) is 7.42. The summed E-state index contributed by atoms with van der Waals surface area (Å²) < 4.78 is 33.0. The highest BCUT2D eigenvalue weighted by atomic mass is 79.9. The first-order valence-corrected chi connectivity index (χ1v) is 9.96. The second-order valence-electron chi connectivity index (χ2n) is 6.26. The van der Waals surface area contributed by atoms with Crippen LogP contribution in [0.4, 0.5) is 0 Å². The molecule has 4 N–H and O–H groups in total. The number of halogens is 1. The Morgan fingerprint density at radius 3 is 2.12 bits per heavy atom. The highest BCUT2D eigenvalue weighted by Gasteiger charge is 2.29. The zero-order valence-electron chi connectivity index (χ0n) is 15.2. The maximum atomic E-state index is 12.3. The number of rotatable bonds is 6. The second kappa shape index (κ2) is 10.6. The lowest BCUT2D eigenvalue weighted by Gasteiger charge is -2.24. The van der Waals surface area contributed by atoms with Crippen LogP contribution in [0.2, 0.25) is 0 Å². The van der Waals surface area contributed by atoms with Gasteiger partial charge in [0, 0.05) is 11.4 Å². The number of carbonyl (C=O) groups is 2. The van der Waals surface area contributed by atoms with Gasteiger partial charge >= 0.3 is 5.97 Å². The molecule has 148 valence electrons. The third kappa shape index (κ3) is 10.5. The van der Waals surface area contributed by atoms with Gasteiger partial charge in [-0.3, -0.25) is 9.59 Å². The van der Waals surface area contributed by atoms with Crippen LogP contribution in [0, 0.1) is 0 Å². The molecule has 0 aromatic heterocycles. The molecular formula is C16H25BrN2O6S. The zero-order chi connectivity index (χ0) is 20.5. The Morgan fingerprint density at radius 1 is 1.27 bits per heavy atom. The van der Waals surface area contributed by atoms with Crippen LogP contribution in [-0.2, 0) is 24.3 Å². The summed E-state index contributed by atoms with van der Waals surface area (Å²) in [6.07, 6.45) is 0.157. The number of nitrogens with two attached hydrogens (primary N) is 1. The zero-order valence-corrected chi connectivity index (χ0v) is 17.6. The molecule has 0 aliphatic carbocycles. The van der Waals surface area contributed by atoms with Gasteiger partial charge in [0.15, 0.2) is 0 Å². The summed E-state index contributed by atoms with van der Waals surface area (Å²) in [5.74, 6) is -1.47. The van der Waals surface area contributed by atoms with Gasteiger partial charge in [0.25, 0.3) is 5.97 Å². The molecule has 0 saturated carbocycles. The van der Waals surface area contributed by atoms with Crippen LogP contribution in [0.1, 0.15) is 34.1 Å². The fraction of sp³-hybridized carbons (Fsp3) is 0.500. The Morgan fingerprint density at radius 2 is 1.73 bits per heavy atom. The standard InChI is InChI=1S/C14H21BrN2O4S.C2H4O2/c1-14(2,3)21-13(18)12(8-9-16)17-22(19,20)11-6-4-10(15)5-7-11;1-2(3)4/h4-7,12,17H,8-9,16H2,1-3H3;1H3,(H,3,4)/t12-;/m1./s1. The van der Waals surface area contributed by atoms with Gasteiger partial charge in [-0.25, -0.2) is 8.42 Å². The van der Waals surface area contributed by atoms with Crippen molar-refractivity contribution in [1.29, 1.82) is 0 Å². The molecule has 0 saturated heterocycles. The predicted octanol–water partition coefficient (Wildman–Crippen LogP) is 1.88. The molecule has 1 aromatic carbocycles. The predicted molar refractivity (Wildman–Crippen MR) is 101 cm³/mol. The SMILES string of the molecule is CC(=O)O.CC(C)(C)OC(=O)[C@@H](CCN)NS(=O)(=O)c1ccc(Br)cc1. The minimum atomic E-state index is -3.83. The first-order chi connectivity index (χ1) is 11.8. The molecule has 0 aliphatic rings. The monoisotopic (exact) mass is 452 g/mol. The Kier molecular flexibility index (Phi) is 10.0. The largest absolute Gasteiger partial charge is 0.481 e. The maximum absolute atomic E-state index is 12.3. The molecule has 0 fully saturated rings. The molecule has 0 radical (unpaired) electrons. The van der Waals surface area contributed by atoms with E-state index in [4.69, 9.17) is 20.4 Å². The van der Waals surface area contributed by atoms with Crippen LogP contribution in [0.3, 0.4) is 0 Å². The molecule has 0 aliphatic heterocycles. The third-order valence-electron chi connectivity index (χ3n) is 2.57. The van der Waals surface area contributed by atoms with Crippen molar-refractivity contribution in [1.82, 2.24) is 4.72 Å². The Bertz CT molecular complexity index is 694. The van der Waals surface area contributed by atoms with Crippen molar-refractivity contribution in [3.63, 3.8) is 0 Å². The molecule has 1 rings (SSSR count). The van der Waals surface area contributed by atoms with Gasteiger partial charge in [0.05, 0.1) is 4.90 Å². The average Bonchev–Trinajstić information content (AvgIpc) is 2.44. The quantitative estimate of drug-likeness (QED) is 0.560. The first-order valence-electron chi connectivity index (χ1n) is 7.69. The number of hydrogen-bond acceptors (Lipinski definition) is 6. The van der Waals surface area contributed by atoms with Crippen molar-refractivity contribution < 1.29 is 27.9 Å². The van der Waals surface area contributed by atoms with Crippen LogP contribution < -0.4 is 10.5 Å². The van der Waals surface area contributed by atoms with E-state index in [0.29, 0.717) is 0 Å². The topological polar surface area (TPSA) is 136 Å². The van der Waals surface area contributed by atoms with Gasteiger partial charge in [0.1, 0.15) is 11.6 Å². The summed E-state index contributed by atoms with van der Waals surface area (Å²) in [6.45, 7) is 6.39. The van der Waals surface area contributed by atoms with Crippen molar-refractivity contribution in [2.24, 2.45) is 5.73 Å². The summed E-state index contributed by atoms with van der Waals surface area (Å²) in [6, 6.07) is 5.10. The lowest BCUT2D eigenvalue weighted by Crippen LogP contribution is -2.45. The number of esters is 1. The van der Waals surface area contributed by atoms with Crippen LogP contribution in [-0.4, -0.2) is 43.7 Å². The number of sulfonamides is 1. The van der Waals surface area contributed by atoms with Gasteiger partial charge in [-0.15, -0.1) is 0 Å². The molecule has 0 bridgehead atoms. The third-order valence-corrected chi connectivity index (χ3v) is 4.58. The van der Waals surface area contributed by atoms with Crippen molar-refractivity contribution in [3.8, 4) is 0 Å². The molecule has 8 nitrogen and oxygen atoms in total. The van der Waals surface area contributed by atoms with E-state index in [9.17, 15) is 13.2 Å². The Balaban J connectivity index is 0.00000141. The summed E-state index contributed by atoms with van der Waals surface area (Å²) in [7, 11) is -3.83. The fourth-order valence-corrected chi connectivity index (χ4v) is 3.12. The maximum Gasteiger partial charge on any atom is 0.324 e. The second-order valence-corrected chi connectivity index (χ2v) is 8.89. The number of carbonyl (C=O) groups excluding carboxylic acids is 1. The Hall–Kier alpha value is -1.49. The van der Waals surface area contributed by atoms with Crippen molar-refractivity contribution in [3.05, 3.63) is 28.7 Å². The van der Waals surface area contributed by atoms with E-state index in [1.165, 1.54) is 12.1 Å². The molecular weight excluding hydrogens is 428 g/mol. The van der Waals surface area contributed by atoms with Crippen molar-refractivity contribution >= 4 is 37.9 Å². The molecule has 0 unspecified atom stereocenters. The minimum Gasteiger partial charge on any atom is -0.481 e. The van der Waals surface area contributed by atoms with E-state index in [-0.39, 0.29) is 17.9 Å². The van der Waals surface area contributed by atoms with E-state index in [2.05, 4.69) is 20.7 Å². The normalized spacial score (nSPS) is 12.5. The number of nitrogens with one attached hydrogen (secondary N) is 1. The number of ether oxygens (including phenoxy) is 1. The lowest BCUT2D eigenvalue weighted by molar-refractivity contribution is -0.157. The number of carboxylic acids is 1. The van der Waals surface area contributed by atoms with E-state index >= 15 is 0 Å². The molecule has 0 heterocycles. The van der Waals surface area contributed by atoms with Crippen LogP contribution in [0.25, 0.3) is 0 Å². The fourth-order valence-electron chi connectivity index (χ4n) is 1.63. The summed E-state index contributed by atoms with van der Waals surface area (Å²) in [4.78, 5) is 21.2. The molecule has 26 heavy (non-hydrogen) atoms. The van der Waals surface area contributed by atoms with Crippen LogP contribution >= 0.6 is 15.9 Å². The summed E-state index contributed by atoms with van der Waals surface area (Å²) in [5.41, 5.74) is 4.76. The van der Waals surface area contributed by atoms with Gasteiger partial charge in [-0.2, -0.15) is 4.72 Å². The smallest absolute Gasteiger partial charge is 0.324 e. The van der Waals surface area contributed by atoms with E-state index in [0.717, 1.165) is 11.4 Å². The van der Waals surface area contributed by atoms with Crippen LogP contribution in [0.5, 0.6) is 0 Å². The van der Waals surface area contributed by atoms with Crippen molar-refractivity contribution in [2.75, 3.05) is 6.54 Å². The number of benzene rings is 1. The van der Waals surface area contributed by atoms with E-state index in [1.807, 2.05) is 0 Å². The minimum absolute atomic E-state index is 0.0706. The highest BCUT2D eigenvalue weighted by Crippen LogP contribution is 2.16. The summed E-state index contributed by atoms with van der Waals surface area (Å²) >= 11 is 3.24. The molecule has 10 heteroatoms. The molecule has 1 aromatic rings. The number of aliphatic carboxylic acids is 1. The lowest BCUT2D eigenvalue weighted by atomic mass is 10.1. The molecule has 0 spiro atoms. The van der Waals surface area contributed by atoms with E-state index < -0.39 is 33.6 Å². The Labute approximate surface area is 162 Å². The number of hydrogen-bond donors (Lipinski definition) is 3. The van der Waals surface area contributed by atoms with Gasteiger partial charge in [0.2, 0.25) is 10.0 Å². The highest BCUT2D eigenvalue weighted by molar-refractivity contribution is 9.10. The van der Waals surface area contributed by atoms with E-state index in [1.54, 1.807) is 32.9 Å². The van der Waals surface area contributed by atoms with Gasteiger partial charge in [-0.1, -0.05) is 15.9 Å². The average molecular weight is 453 g/mol. The van der Waals surface area contributed by atoms with Gasteiger partial charge < -0.3 is 15.6 Å².